The Morgan fingerprint density at radius 3 is 2.73 bits per heavy atom. The molecule has 1 aliphatic heterocycles. The minimum Gasteiger partial charge on any atom is -0.375 e. The van der Waals surface area contributed by atoms with Crippen molar-refractivity contribution < 1.29 is 9.53 Å². The zero-order valence-electron chi connectivity index (χ0n) is 8.00. The summed E-state index contributed by atoms with van der Waals surface area (Å²) < 4.78 is 5.01. The molecule has 0 radical (unpaired) electrons. The number of halogens is 1. The highest BCUT2D eigenvalue weighted by Crippen LogP contribution is 2.24. The van der Waals surface area contributed by atoms with Crippen molar-refractivity contribution in [2.75, 3.05) is 18.5 Å². The number of primary amides is 1. The molecule has 1 amide bonds. The molecular formula is C10H11ClN2O2. The van der Waals surface area contributed by atoms with Crippen LogP contribution in [0.4, 0.5) is 5.69 Å². The molecule has 0 aromatic heterocycles. The summed E-state index contributed by atoms with van der Waals surface area (Å²) in [7, 11) is 0. The Kier molecular flexibility index (Phi) is 2.54. The van der Waals surface area contributed by atoms with Crippen molar-refractivity contribution in [3.63, 3.8) is 0 Å². The van der Waals surface area contributed by atoms with Gasteiger partial charge in [-0.25, -0.2) is 0 Å². The number of hydrogen-bond donors (Lipinski definition) is 2. The zero-order valence-corrected chi connectivity index (χ0v) is 8.75. The largest absolute Gasteiger partial charge is 0.375 e. The number of nitrogens with two attached hydrogens (primary N) is 1. The fourth-order valence-electron chi connectivity index (χ4n) is 1.42. The molecular weight excluding hydrogens is 216 g/mol. The fraction of sp³-hybridized carbons (Fsp3) is 0.300. The van der Waals surface area contributed by atoms with Crippen LogP contribution in [0.3, 0.4) is 0 Å². The van der Waals surface area contributed by atoms with Gasteiger partial charge in [-0.3, -0.25) is 4.79 Å². The van der Waals surface area contributed by atoms with Crippen LogP contribution in [0, 0.1) is 0 Å². The van der Waals surface area contributed by atoms with Gasteiger partial charge in [0, 0.05) is 10.7 Å². The molecule has 1 aromatic rings. The predicted molar refractivity (Wildman–Crippen MR) is 57.8 cm³/mol. The van der Waals surface area contributed by atoms with E-state index in [0.717, 1.165) is 5.69 Å². The Labute approximate surface area is 92.4 Å². The monoisotopic (exact) mass is 226 g/mol. The normalized spacial score (nSPS) is 17.9. The minimum atomic E-state index is -0.773. The number of carbonyl (C=O) groups is 1. The average Bonchev–Trinajstić information content (AvgIpc) is 2.11. The van der Waals surface area contributed by atoms with E-state index in [4.69, 9.17) is 22.1 Å². The van der Waals surface area contributed by atoms with E-state index in [2.05, 4.69) is 5.32 Å². The van der Waals surface area contributed by atoms with E-state index >= 15 is 0 Å². The summed E-state index contributed by atoms with van der Waals surface area (Å²) in [6, 6.07) is 7.14. The Bertz CT molecular complexity index is 391. The van der Waals surface area contributed by atoms with E-state index < -0.39 is 11.4 Å². The number of rotatable bonds is 3. The number of hydrogen-bond acceptors (Lipinski definition) is 3. The third kappa shape index (κ3) is 1.91. The molecule has 0 spiro atoms. The molecule has 1 aromatic carbocycles. The first-order chi connectivity index (χ1) is 7.12. The second-order valence-electron chi connectivity index (χ2n) is 3.57. The first-order valence-electron chi connectivity index (χ1n) is 4.54. The first kappa shape index (κ1) is 10.3. The van der Waals surface area contributed by atoms with Gasteiger partial charge in [0.15, 0.2) is 5.54 Å². The van der Waals surface area contributed by atoms with Crippen molar-refractivity contribution in [1.29, 1.82) is 0 Å². The SMILES string of the molecule is NC(=O)C1(Nc2cccc(Cl)c2)COC1. The summed E-state index contributed by atoms with van der Waals surface area (Å²) in [5, 5.41) is 3.66. The molecule has 0 saturated carbocycles. The van der Waals surface area contributed by atoms with Crippen molar-refractivity contribution in [2.45, 2.75) is 5.54 Å². The molecule has 2 rings (SSSR count). The van der Waals surface area contributed by atoms with E-state index in [9.17, 15) is 4.79 Å². The highest BCUT2D eigenvalue weighted by Gasteiger charge is 2.44. The van der Waals surface area contributed by atoms with Crippen LogP contribution in [0.5, 0.6) is 0 Å². The number of ether oxygens (including phenoxy) is 1. The molecule has 5 heteroatoms. The van der Waals surface area contributed by atoms with Gasteiger partial charge in [0.1, 0.15) is 0 Å². The van der Waals surface area contributed by atoms with E-state index in [1.165, 1.54) is 0 Å². The van der Waals surface area contributed by atoms with Gasteiger partial charge in [-0.1, -0.05) is 17.7 Å². The summed E-state index contributed by atoms with van der Waals surface area (Å²) >= 11 is 5.83. The lowest BCUT2D eigenvalue weighted by atomic mass is 9.96. The maximum Gasteiger partial charge on any atom is 0.247 e. The van der Waals surface area contributed by atoms with Gasteiger partial charge < -0.3 is 15.8 Å². The number of anilines is 1. The van der Waals surface area contributed by atoms with Crippen LogP contribution in [0.2, 0.25) is 5.02 Å². The van der Waals surface area contributed by atoms with Gasteiger partial charge in [0.05, 0.1) is 13.2 Å². The highest BCUT2D eigenvalue weighted by atomic mass is 35.5. The second kappa shape index (κ2) is 3.72. The number of amides is 1. The molecule has 0 bridgehead atoms. The number of carbonyl (C=O) groups excluding carboxylic acids is 1. The van der Waals surface area contributed by atoms with Crippen molar-refractivity contribution in [3.8, 4) is 0 Å². The van der Waals surface area contributed by atoms with Crippen LogP contribution in [-0.2, 0) is 9.53 Å². The Hall–Kier alpha value is -1.26. The molecule has 80 valence electrons. The van der Waals surface area contributed by atoms with Crippen molar-refractivity contribution >= 4 is 23.2 Å². The molecule has 1 saturated heterocycles. The van der Waals surface area contributed by atoms with Gasteiger partial charge >= 0.3 is 0 Å². The molecule has 1 fully saturated rings. The molecule has 0 atom stereocenters. The summed E-state index contributed by atoms with van der Waals surface area (Å²) in [5.74, 6) is -0.409. The zero-order chi connectivity index (χ0) is 10.9. The first-order valence-corrected chi connectivity index (χ1v) is 4.92. The van der Waals surface area contributed by atoms with Crippen molar-refractivity contribution in [2.24, 2.45) is 5.73 Å². The molecule has 15 heavy (non-hydrogen) atoms. The molecule has 4 nitrogen and oxygen atoms in total. The van der Waals surface area contributed by atoms with Crippen molar-refractivity contribution in [1.82, 2.24) is 0 Å². The van der Waals surface area contributed by atoms with Crippen LogP contribution in [0.25, 0.3) is 0 Å². The molecule has 1 heterocycles. The average molecular weight is 227 g/mol. The van der Waals surface area contributed by atoms with E-state index in [-0.39, 0.29) is 0 Å². The Balaban J connectivity index is 2.17. The van der Waals surface area contributed by atoms with Crippen LogP contribution in [0.15, 0.2) is 24.3 Å². The van der Waals surface area contributed by atoms with E-state index in [1.807, 2.05) is 6.07 Å². The van der Waals surface area contributed by atoms with E-state index in [1.54, 1.807) is 18.2 Å². The van der Waals surface area contributed by atoms with Gasteiger partial charge in [-0.15, -0.1) is 0 Å². The lowest BCUT2D eigenvalue weighted by Crippen LogP contribution is -2.64. The lowest BCUT2D eigenvalue weighted by molar-refractivity contribution is -0.137. The number of benzene rings is 1. The summed E-state index contributed by atoms with van der Waals surface area (Å²) in [4.78, 5) is 11.2. The van der Waals surface area contributed by atoms with Crippen molar-refractivity contribution in [3.05, 3.63) is 29.3 Å². The maximum absolute atomic E-state index is 11.2. The topological polar surface area (TPSA) is 64.4 Å². The Morgan fingerprint density at radius 2 is 2.27 bits per heavy atom. The quantitative estimate of drug-likeness (QED) is 0.809. The Morgan fingerprint density at radius 1 is 1.53 bits per heavy atom. The summed E-state index contributed by atoms with van der Waals surface area (Å²) in [6.45, 7) is 0.601. The molecule has 0 aliphatic carbocycles. The van der Waals surface area contributed by atoms with Gasteiger partial charge in [0.25, 0.3) is 0 Å². The lowest BCUT2D eigenvalue weighted by Gasteiger charge is -2.39. The number of nitrogens with one attached hydrogen (secondary N) is 1. The molecule has 0 unspecified atom stereocenters. The smallest absolute Gasteiger partial charge is 0.247 e. The van der Waals surface area contributed by atoms with Gasteiger partial charge in [-0.2, -0.15) is 0 Å². The van der Waals surface area contributed by atoms with Crippen LogP contribution in [0.1, 0.15) is 0 Å². The van der Waals surface area contributed by atoms with Crippen LogP contribution < -0.4 is 11.1 Å². The minimum absolute atomic E-state index is 0.300. The molecule has 1 aliphatic rings. The highest BCUT2D eigenvalue weighted by molar-refractivity contribution is 6.30. The standard InChI is InChI=1S/C10H11ClN2O2/c11-7-2-1-3-8(4-7)13-10(9(12)14)5-15-6-10/h1-4,13H,5-6H2,(H2,12,14). The predicted octanol–water partition coefficient (Wildman–Crippen LogP) is 1.01. The fourth-order valence-corrected chi connectivity index (χ4v) is 1.62. The van der Waals surface area contributed by atoms with Gasteiger partial charge in [-0.05, 0) is 18.2 Å². The maximum atomic E-state index is 11.2. The summed E-state index contributed by atoms with van der Waals surface area (Å²) in [6.07, 6.45) is 0. The van der Waals surface area contributed by atoms with E-state index in [0.29, 0.717) is 18.2 Å². The second-order valence-corrected chi connectivity index (χ2v) is 4.01. The summed E-state index contributed by atoms with van der Waals surface area (Å²) in [5.41, 5.74) is 5.30. The van der Waals surface area contributed by atoms with Crippen LogP contribution >= 0.6 is 11.6 Å². The molecule has 3 N–H and O–H groups in total. The van der Waals surface area contributed by atoms with Gasteiger partial charge in [0.2, 0.25) is 5.91 Å². The third-order valence-corrected chi connectivity index (χ3v) is 2.61. The third-order valence-electron chi connectivity index (χ3n) is 2.38. The van der Waals surface area contributed by atoms with Crippen LogP contribution in [-0.4, -0.2) is 24.7 Å².